The van der Waals surface area contributed by atoms with E-state index in [-0.39, 0.29) is 11.8 Å². The zero-order valence-electron chi connectivity index (χ0n) is 10.6. The van der Waals surface area contributed by atoms with Gasteiger partial charge in [-0.3, -0.25) is 0 Å². The van der Waals surface area contributed by atoms with Crippen molar-refractivity contribution in [1.82, 2.24) is 0 Å². The second-order valence-corrected chi connectivity index (χ2v) is 6.72. The van der Waals surface area contributed by atoms with Crippen LogP contribution >= 0.6 is 0 Å². The molecule has 4 saturated carbocycles. The molecule has 116 valence electrons. The zero-order valence-corrected chi connectivity index (χ0v) is 10.6. The SMILES string of the molecule is OC(C1C2CC3CC(C2)CC1C3)(C(F)(F)F)C(F)(F)F. The van der Waals surface area contributed by atoms with E-state index in [0.29, 0.717) is 25.7 Å². The highest BCUT2D eigenvalue weighted by atomic mass is 19.4. The van der Waals surface area contributed by atoms with Gasteiger partial charge in [0.2, 0.25) is 0 Å². The fourth-order valence-electron chi connectivity index (χ4n) is 5.15. The van der Waals surface area contributed by atoms with Crippen molar-refractivity contribution >= 4 is 0 Å². The minimum atomic E-state index is -5.68. The number of halogens is 6. The molecule has 0 atom stereocenters. The number of aliphatic hydroxyl groups is 1. The Morgan fingerprint density at radius 3 is 1.30 bits per heavy atom. The maximum absolute atomic E-state index is 13.0. The van der Waals surface area contributed by atoms with Crippen LogP contribution in [0.15, 0.2) is 0 Å². The molecular weight excluding hydrogens is 286 g/mol. The lowest BCUT2D eigenvalue weighted by Crippen LogP contribution is -2.67. The van der Waals surface area contributed by atoms with Crippen LogP contribution in [0.25, 0.3) is 0 Å². The van der Waals surface area contributed by atoms with E-state index in [4.69, 9.17) is 0 Å². The Bertz CT molecular complexity index is 357. The number of hydrogen-bond donors (Lipinski definition) is 1. The summed E-state index contributed by atoms with van der Waals surface area (Å²) in [6.07, 6.45) is -8.84. The van der Waals surface area contributed by atoms with Crippen molar-refractivity contribution in [3.8, 4) is 0 Å². The van der Waals surface area contributed by atoms with Crippen molar-refractivity contribution in [2.45, 2.75) is 50.1 Å². The first kappa shape index (κ1) is 14.5. The smallest absolute Gasteiger partial charge is 0.373 e. The molecule has 0 radical (unpaired) electrons. The first-order chi connectivity index (χ1) is 9.04. The summed E-state index contributed by atoms with van der Waals surface area (Å²) in [6.45, 7) is 0. The van der Waals surface area contributed by atoms with Gasteiger partial charge in [-0.2, -0.15) is 26.3 Å². The van der Waals surface area contributed by atoms with Gasteiger partial charge in [0.15, 0.2) is 0 Å². The van der Waals surface area contributed by atoms with Gasteiger partial charge in [0.05, 0.1) is 0 Å². The molecule has 4 bridgehead atoms. The number of rotatable bonds is 1. The maximum Gasteiger partial charge on any atom is 0.426 e. The molecule has 0 spiro atoms. The van der Waals surface area contributed by atoms with E-state index in [1.165, 1.54) is 0 Å². The van der Waals surface area contributed by atoms with E-state index in [1.54, 1.807) is 0 Å². The minimum Gasteiger partial charge on any atom is -0.373 e. The van der Waals surface area contributed by atoms with Crippen LogP contribution in [0.5, 0.6) is 0 Å². The van der Waals surface area contributed by atoms with E-state index >= 15 is 0 Å². The standard InChI is InChI=1S/C13H16F6O/c14-12(15,16)11(20,13(17,18)19)10-8-2-6-1-7(4-8)5-9(10)3-6/h6-10,20H,1-5H2. The highest BCUT2D eigenvalue weighted by molar-refractivity contribution is 5.10. The van der Waals surface area contributed by atoms with Crippen molar-refractivity contribution < 1.29 is 31.4 Å². The Morgan fingerprint density at radius 1 is 0.650 bits per heavy atom. The van der Waals surface area contributed by atoms with Gasteiger partial charge < -0.3 is 5.11 Å². The second-order valence-electron chi connectivity index (χ2n) is 6.72. The van der Waals surface area contributed by atoms with Gasteiger partial charge in [-0.15, -0.1) is 0 Å². The lowest BCUT2D eigenvalue weighted by molar-refractivity contribution is -0.401. The topological polar surface area (TPSA) is 20.2 Å². The van der Waals surface area contributed by atoms with Crippen molar-refractivity contribution in [3.63, 3.8) is 0 Å². The van der Waals surface area contributed by atoms with Crippen LogP contribution in [-0.4, -0.2) is 23.1 Å². The predicted octanol–water partition coefficient (Wildman–Crippen LogP) is 3.91. The first-order valence-corrected chi connectivity index (χ1v) is 6.90. The molecule has 4 aliphatic rings. The van der Waals surface area contributed by atoms with Gasteiger partial charge in [-0.05, 0) is 55.8 Å². The summed E-state index contributed by atoms with van der Waals surface area (Å²) >= 11 is 0. The van der Waals surface area contributed by atoms with Gasteiger partial charge in [0, 0.05) is 5.92 Å². The molecule has 7 heteroatoms. The molecule has 20 heavy (non-hydrogen) atoms. The average Bonchev–Trinajstić information content (AvgIpc) is 2.23. The number of alkyl halides is 6. The molecule has 0 heterocycles. The Kier molecular flexibility index (Phi) is 2.93. The highest BCUT2D eigenvalue weighted by Gasteiger charge is 2.76. The predicted molar refractivity (Wildman–Crippen MR) is 57.6 cm³/mol. The summed E-state index contributed by atoms with van der Waals surface area (Å²) < 4.78 is 78.2. The molecule has 4 fully saturated rings. The quantitative estimate of drug-likeness (QED) is 0.728. The van der Waals surface area contributed by atoms with E-state index in [0.717, 1.165) is 6.42 Å². The van der Waals surface area contributed by atoms with Crippen molar-refractivity contribution in [2.24, 2.45) is 29.6 Å². The Balaban J connectivity index is 2.01. The van der Waals surface area contributed by atoms with Gasteiger partial charge in [-0.25, -0.2) is 0 Å². The third-order valence-electron chi connectivity index (χ3n) is 5.57. The van der Waals surface area contributed by atoms with E-state index in [9.17, 15) is 31.4 Å². The zero-order chi connectivity index (χ0) is 14.9. The lowest BCUT2D eigenvalue weighted by atomic mass is 9.48. The van der Waals surface area contributed by atoms with Crippen LogP contribution < -0.4 is 0 Å². The molecule has 0 amide bonds. The van der Waals surface area contributed by atoms with Crippen LogP contribution in [0.1, 0.15) is 32.1 Å². The average molecular weight is 302 g/mol. The molecule has 1 nitrogen and oxygen atoms in total. The van der Waals surface area contributed by atoms with E-state index < -0.39 is 35.7 Å². The van der Waals surface area contributed by atoms with Crippen LogP contribution in [0.4, 0.5) is 26.3 Å². The Labute approximate surface area is 112 Å². The van der Waals surface area contributed by atoms with Crippen molar-refractivity contribution in [3.05, 3.63) is 0 Å². The van der Waals surface area contributed by atoms with Gasteiger partial charge in [-0.1, -0.05) is 0 Å². The van der Waals surface area contributed by atoms with Crippen LogP contribution in [0, 0.1) is 29.6 Å². The van der Waals surface area contributed by atoms with Crippen molar-refractivity contribution in [1.29, 1.82) is 0 Å². The molecule has 4 aliphatic carbocycles. The summed E-state index contributed by atoms with van der Waals surface area (Å²) in [6, 6.07) is 0. The van der Waals surface area contributed by atoms with E-state index in [1.807, 2.05) is 0 Å². The first-order valence-electron chi connectivity index (χ1n) is 6.90. The summed E-state index contributed by atoms with van der Waals surface area (Å²) in [7, 11) is 0. The summed E-state index contributed by atoms with van der Waals surface area (Å²) in [4.78, 5) is 0. The maximum atomic E-state index is 13.0. The molecule has 0 aromatic rings. The normalized spacial score (nSPS) is 41.2. The largest absolute Gasteiger partial charge is 0.426 e. The number of hydrogen-bond acceptors (Lipinski definition) is 1. The third-order valence-corrected chi connectivity index (χ3v) is 5.57. The van der Waals surface area contributed by atoms with Crippen LogP contribution in [-0.2, 0) is 0 Å². The molecule has 0 aromatic carbocycles. The molecule has 0 saturated heterocycles. The van der Waals surface area contributed by atoms with Crippen LogP contribution in [0.3, 0.4) is 0 Å². The fraction of sp³-hybridized carbons (Fsp3) is 1.00. The van der Waals surface area contributed by atoms with Gasteiger partial charge >= 0.3 is 12.4 Å². The monoisotopic (exact) mass is 302 g/mol. The molecular formula is C13H16F6O. The van der Waals surface area contributed by atoms with Crippen molar-refractivity contribution in [2.75, 3.05) is 0 Å². The van der Waals surface area contributed by atoms with Gasteiger partial charge in [0.25, 0.3) is 5.60 Å². The summed E-state index contributed by atoms with van der Waals surface area (Å²) in [5, 5.41) is 9.67. The second kappa shape index (κ2) is 4.05. The molecule has 1 N–H and O–H groups in total. The summed E-state index contributed by atoms with van der Waals surface area (Å²) in [5.41, 5.74) is -4.55. The fourth-order valence-corrected chi connectivity index (χ4v) is 5.15. The van der Waals surface area contributed by atoms with Gasteiger partial charge in [0.1, 0.15) is 0 Å². The van der Waals surface area contributed by atoms with Crippen LogP contribution in [0.2, 0.25) is 0 Å². The molecule has 4 rings (SSSR count). The molecule has 0 aliphatic heterocycles. The molecule has 0 aromatic heterocycles. The highest BCUT2D eigenvalue weighted by Crippen LogP contribution is 2.63. The Morgan fingerprint density at radius 2 is 1.00 bits per heavy atom. The minimum absolute atomic E-state index is 0.250. The Hall–Kier alpha value is -0.460. The van der Waals surface area contributed by atoms with E-state index in [2.05, 4.69) is 0 Å². The molecule has 0 unspecified atom stereocenters. The third kappa shape index (κ3) is 1.81. The summed E-state index contributed by atoms with van der Waals surface area (Å²) in [5.74, 6) is -2.53. The lowest BCUT2D eigenvalue weighted by Gasteiger charge is -2.58.